The van der Waals surface area contributed by atoms with Crippen LogP contribution in [0.4, 0.5) is 0 Å². The number of fused-ring (bicyclic) bond motifs is 1. The van der Waals surface area contributed by atoms with Crippen LogP contribution in [-0.2, 0) is 4.79 Å². The SMILES string of the molecule is CC(=CC(=O)O)c1ccc2c(ccn2C(c2ccccc2)C2CCCCC2)c1. The molecule has 1 heterocycles. The summed E-state index contributed by atoms with van der Waals surface area (Å²) in [6, 6.07) is 19.6. The third kappa shape index (κ3) is 3.75. The lowest BCUT2D eigenvalue weighted by Gasteiger charge is -2.32. The number of carbonyl (C=O) groups is 1. The van der Waals surface area contributed by atoms with Gasteiger partial charge >= 0.3 is 5.97 Å². The molecule has 1 atom stereocenters. The number of carboxylic acids is 1. The van der Waals surface area contributed by atoms with Gasteiger partial charge < -0.3 is 9.67 Å². The fourth-order valence-electron chi connectivity index (χ4n) is 4.68. The highest BCUT2D eigenvalue weighted by Crippen LogP contribution is 2.39. The van der Waals surface area contributed by atoms with Crippen LogP contribution in [-0.4, -0.2) is 15.6 Å². The minimum absolute atomic E-state index is 0.348. The summed E-state index contributed by atoms with van der Waals surface area (Å²) in [4.78, 5) is 11.0. The second kappa shape index (κ2) is 8.05. The lowest BCUT2D eigenvalue weighted by atomic mass is 9.81. The Bertz CT molecular complexity index is 994. The Balaban J connectivity index is 1.77. The maximum Gasteiger partial charge on any atom is 0.328 e. The Labute approximate surface area is 166 Å². The van der Waals surface area contributed by atoms with E-state index >= 15 is 0 Å². The van der Waals surface area contributed by atoms with Gasteiger partial charge in [-0.05, 0) is 60.6 Å². The highest BCUT2D eigenvalue weighted by Gasteiger charge is 2.27. The number of aromatic nitrogens is 1. The topological polar surface area (TPSA) is 42.2 Å². The molecule has 0 amide bonds. The Morgan fingerprint density at radius 3 is 2.54 bits per heavy atom. The summed E-state index contributed by atoms with van der Waals surface area (Å²) in [5.41, 5.74) is 4.32. The van der Waals surface area contributed by atoms with Crippen LogP contribution < -0.4 is 0 Å². The summed E-state index contributed by atoms with van der Waals surface area (Å²) in [6.45, 7) is 1.85. The van der Waals surface area contributed by atoms with E-state index in [4.69, 9.17) is 5.11 Å². The van der Waals surface area contributed by atoms with Gasteiger partial charge in [0.1, 0.15) is 0 Å². The van der Waals surface area contributed by atoms with Crippen molar-refractivity contribution in [2.75, 3.05) is 0 Å². The number of allylic oxidation sites excluding steroid dienone is 1. The van der Waals surface area contributed by atoms with E-state index in [1.165, 1.54) is 49.3 Å². The normalized spacial score (nSPS) is 17.0. The molecule has 1 aliphatic carbocycles. The van der Waals surface area contributed by atoms with E-state index in [-0.39, 0.29) is 0 Å². The Morgan fingerprint density at radius 2 is 1.82 bits per heavy atom. The average molecular weight is 373 g/mol. The van der Waals surface area contributed by atoms with Crippen molar-refractivity contribution in [1.29, 1.82) is 0 Å². The van der Waals surface area contributed by atoms with E-state index < -0.39 is 5.97 Å². The first-order chi connectivity index (χ1) is 13.6. The number of hydrogen-bond donors (Lipinski definition) is 1. The molecule has 1 N–H and O–H groups in total. The predicted octanol–water partition coefficient (Wildman–Crippen LogP) is 6.30. The molecule has 3 aromatic rings. The molecule has 3 nitrogen and oxygen atoms in total. The van der Waals surface area contributed by atoms with E-state index in [9.17, 15) is 4.79 Å². The van der Waals surface area contributed by atoms with Crippen LogP contribution in [0.1, 0.15) is 56.2 Å². The van der Waals surface area contributed by atoms with Gasteiger partial charge in [0.2, 0.25) is 0 Å². The van der Waals surface area contributed by atoms with Crippen LogP contribution in [0.25, 0.3) is 16.5 Å². The molecule has 1 unspecified atom stereocenters. The molecule has 144 valence electrons. The fourth-order valence-corrected chi connectivity index (χ4v) is 4.68. The zero-order valence-electron chi connectivity index (χ0n) is 16.3. The first-order valence-corrected chi connectivity index (χ1v) is 10.2. The molecule has 2 aromatic carbocycles. The third-order valence-electron chi connectivity index (χ3n) is 6.05. The standard InChI is InChI=1S/C25H27NO2/c1-18(16-24(27)28)21-12-13-23-22(17-21)14-15-26(23)25(19-8-4-2-5-9-19)20-10-6-3-7-11-20/h2,4-5,8-9,12-17,20,25H,3,6-7,10-11H2,1H3,(H,27,28). The molecule has 0 saturated heterocycles. The van der Waals surface area contributed by atoms with Crippen LogP contribution in [0, 0.1) is 5.92 Å². The zero-order valence-corrected chi connectivity index (χ0v) is 16.3. The van der Waals surface area contributed by atoms with Crippen LogP contribution in [0.15, 0.2) is 66.9 Å². The quantitative estimate of drug-likeness (QED) is 0.533. The fraction of sp³-hybridized carbons (Fsp3) is 0.320. The molecule has 28 heavy (non-hydrogen) atoms. The maximum atomic E-state index is 11.0. The second-order valence-electron chi connectivity index (χ2n) is 7.92. The van der Waals surface area contributed by atoms with Gasteiger partial charge in [0.15, 0.2) is 0 Å². The smallest absolute Gasteiger partial charge is 0.328 e. The van der Waals surface area contributed by atoms with Crippen LogP contribution in [0.5, 0.6) is 0 Å². The highest BCUT2D eigenvalue weighted by molar-refractivity contribution is 5.92. The van der Waals surface area contributed by atoms with E-state index in [1.807, 2.05) is 13.0 Å². The highest BCUT2D eigenvalue weighted by atomic mass is 16.4. The van der Waals surface area contributed by atoms with Gasteiger partial charge in [-0.1, -0.05) is 55.7 Å². The summed E-state index contributed by atoms with van der Waals surface area (Å²) >= 11 is 0. The van der Waals surface area contributed by atoms with Crippen LogP contribution in [0.3, 0.4) is 0 Å². The van der Waals surface area contributed by atoms with Crippen molar-refractivity contribution >= 4 is 22.4 Å². The van der Waals surface area contributed by atoms with Crippen molar-refractivity contribution in [2.45, 2.75) is 45.1 Å². The molecule has 0 bridgehead atoms. The second-order valence-corrected chi connectivity index (χ2v) is 7.92. The summed E-state index contributed by atoms with van der Waals surface area (Å²) in [5.74, 6) is -0.253. The van der Waals surface area contributed by atoms with Crippen molar-refractivity contribution < 1.29 is 9.90 Å². The minimum atomic E-state index is -0.906. The molecule has 4 rings (SSSR count). The molecule has 1 saturated carbocycles. The number of aliphatic carboxylic acids is 1. The van der Waals surface area contributed by atoms with Gasteiger partial charge in [0.25, 0.3) is 0 Å². The Morgan fingerprint density at radius 1 is 1.07 bits per heavy atom. The zero-order chi connectivity index (χ0) is 19.5. The monoisotopic (exact) mass is 373 g/mol. The Hall–Kier alpha value is -2.81. The molecule has 0 radical (unpaired) electrons. The van der Waals surface area contributed by atoms with Crippen molar-refractivity contribution in [3.05, 3.63) is 78.0 Å². The average Bonchev–Trinajstić information content (AvgIpc) is 3.12. The van der Waals surface area contributed by atoms with Gasteiger partial charge in [0, 0.05) is 23.2 Å². The first kappa shape index (κ1) is 18.5. The third-order valence-corrected chi connectivity index (χ3v) is 6.05. The van der Waals surface area contributed by atoms with E-state index in [0.717, 1.165) is 16.5 Å². The van der Waals surface area contributed by atoms with Gasteiger partial charge in [-0.2, -0.15) is 0 Å². The number of benzene rings is 2. The number of hydrogen-bond acceptors (Lipinski definition) is 1. The van der Waals surface area contributed by atoms with Crippen molar-refractivity contribution in [3.8, 4) is 0 Å². The predicted molar refractivity (Wildman–Crippen MR) is 114 cm³/mol. The Kier molecular flexibility index (Phi) is 5.34. The molecule has 3 heteroatoms. The number of carboxylic acid groups (broad SMARTS) is 1. The molecule has 1 fully saturated rings. The summed E-state index contributed by atoms with van der Waals surface area (Å²) in [5, 5.41) is 10.2. The summed E-state index contributed by atoms with van der Waals surface area (Å²) < 4.78 is 2.43. The molecule has 1 aromatic heterocycles. The van der Waals surface area contributed by atoms with Crippen molar-refractivity contribution in [3.63, 3.8) is 0 Å². The van der Waals surface area contributed by atoms with Gasteiger partial charge in [-0.3, -0.25) is 0 Å². The van der Waals surface area contributed by atoms with E-state index in [2.05, 4.69) is 59.3 Å². The van der Waals surface area contributed by atoms with Gasteiger partial charge in [-0.15, -0.1) is 0 Å². The summed E-state index contributed by atoms with van der Waals surface area (Å²) in [7, 11) is 0. The van der Waals surface area contributed by atoms with Crippen LogP contribution >= 0.6 is 0 Å². The van der Waals surface area contributed by atoms with Crippen molar-refractivity contribution in [2.24, 2.45) is 5.92 Å². The molecule has 1 aliphatic rings. The number of nitrogens with zero attached hydrogens (tertiary/aromatic N) is 1. The van der Waals surface area contributed by atoms with E-state index in [1.54, 1.807) is 0 Å². The molecule has 0 spiro atoms. The minimum Gasteiger partial charge on any atom is -0.478 e. The largest absolute Gasteiger partial charge is 0.478 e. The maximum absolute atomic E-state index is 11.0. The lowest BCUT2D eigenvalue weighted by Crippen LogP contribution is -2.22. The number of rotatable bonds is 5. The molecular weight excluding hydrogens is 346 g/mol. The summed E-state index contributed by atoms with van der Waals surface area (Å²) in [6.07, 6.45) is 10.0. The van der Waals surface area contributed by atoms with Crippen molar-refractivity contribution in [1.82, 2.24) is 4.57 Å². The van der Waals surface area contributed by atoms with Gasteiger partial charge in [0.05, 0.1) is 6.04 Å². The molecular formula is C25H27NO2. The van der Waals surface area contributed by atoms with E-state index in [0.29, 0.717) is 12.0 Å². The van der Waals surface area contributed by atoms with Gasteiger partial charge in [-0.25, -0.2) is 4.79 Å². The van der Waals surface area contributed by atoms with Crippen LogP contribution in [0.2, 0.25) is 0 Å². The lowest BCUT2D eigenvalue weighted by molar-refractivity contribution is -0.131. The molecule has 0 aliphatic heterocycles. The first-order valence-electron chi connectivity index (χ1n) is 10.2.